The Morgan fingerprint density at radius 2 is 1.68 bits per heavy atom. The third-order valence-corrected chi connectivity index (χ3v) is 3.37. The number of hydrogen-bond donors (Lipinski definition) is 1. The molecule has 0 aliphatic heterocycles. The van der Waals surface area contributed by atoms with Crippen molar-refractivity contribution in [3.05, 3.63) is 64.7 Å². The molecule has 2 rings (SSSR count). The van der Waals surface area contributed by atoms with Gasteiger partial charge in [0.1, 0.15) is 5.75 Å². The Morgan fingerprint density at radius 3 is 2.23 bits per heavy atom. The number of halogens is 1. The van der Waals surface area contributed by atoms with Crippen molar-refractivity contribution >= 4 is 23.4 Å². The molecule has 2 aromatic carbocycles. The Morgan fingerprint density at radius 1 is 1.09 bits per heavy atom. The van der Waals surface area contributed by atoms with E-state index in [9.17, 15) is 9.59 Å². The Kier molecular flexibility index (Phi) is 5.17. The molecule has 5 heteroatoms. The van der Waals surface area contributed by atoms with Crippen molar-refractivity contribution in [1.29, 1.82) is 0 Å². The average molecular weight is 319 g/mol. The smallest absolute Gasteiger partial charge is 0.344 e. The molecular weight excluding hydrogens is 304 g/mol. The molecule has 2 aromatic rings. The van der Waals surface area contributed by atoms with Crippen LogP contribution in [-0.2, 0) is 11.2 Å². The minimum atomic E-state index is -1.03. The first-order valence-corrected chi connectivity index (χ1v) is 7.10. The van der Waals surface area contributed by atoms with Crippen LogP contribution >= 0.6 is 11.6 Å². The molecule has 0 saturated heterocycles. The summed E-state index contributed by atoms with van der Waals surface area (Å²) in [5.41, 5.74) is 1.43. The summed E-state index contributed by atoms with van der Waals surface area (Å²) in [5, 5.41) is 9.37. The van der Waals surface area contributed by atoms with Gasteiger partial charge in [-0.1, -0.05) is 23.7 Å². The molecule has 0 aliphatic rings. The Hall–Kier alpha value is -2.33. The molecule has 114 valence electrons. The predicted octanol–water partition coefficient (Wildman–Crippen LogP) is 3.62. The van der Waals surface area contributed by atoms with E-state index in [1.54, 1.807) is 48.5 Å². The third-order valence-electron chi connectivity index (χ3n) is 3.11. The highest BCUT2D eigenvalue weighted by Crippen LogP contribution is 2.16. The van der Waals surface area contributed by atoms with Crippen LogP contribution in [0.3, 0.4) is 0 Å². The zero-order valence-electron chi connectivity index (χ0n) is 12.0. The van der Waals surface area contributed by atoms with Crippen LogP contribution < -0.4 is 4.74 Å². The van der Waals surface area contributed by atoms with E-state index in [2.05, 4.69) is 0 Å². The maximum absolute atomic E-state index is 12.1. The Labute approximate surface area is 133 Å². The number of carbonyl (C=O) groups is 2. The molecule has 0 aliphatic carbocycles. The summed E-state index contributed by atoms with van der Waals surface area (Å²) in [4.78, 5) is 22.8. The van der Waals surface area contributed by atoms with E-state index >= 15 is 0 Å². The molecule has 0 saturated carbocycles. The SMILES string of the molecule is C[C@@H](Oc1ccc(CC(=O)c2ccc(Cl)cc2)cc1)C(=O)O. The molecule has 0 fully saturated rings. The van der Waals surface area contributed by atoms with Gasteiger partial charge in [0.05, 0.1) is 0 Å². The van der Waals surface area contributed by atoms with Gasteiger partial charge in [-0.15, -0.1) is 0 Å². The lowest BCUT2D eigenvalue weighted by atomic mass is 10.0. The fourth-order valence-corrected chi connectivity index (χ4v) is 1.99. The lowest BCUT2D eigenvalue weighted by Gasteiger charge is -2.10. The molecule has 0 aromatic heterocycles. The third kappa shape index (κ3) is 4.33. The van der Waals surface area contributed by atoms with Gasteiger partial charge in [-0.05, 0) is 48.9 Å². The first-order valence-electron chi connectivity index (χ1n) is 6.73. The minimum absolute atomic E-state index is 0.00996. The minimum Gasteiger partial charge on any atom is -0.479 e. The highest BCUT2D eigenvalue weighted by molar-refractivity contribution is 6.30. The van der Waals surface area contributed by atoms with Crippen molar-refractivity contribution < 1.29 is 19.4 Å². The number of carboxylic acids is 1. The van der Waals surface area contributed by atoms with Gasteiger partial charge >= 0.3 is 5.97 Å². The van der Waals surface area contributed by atoms with Crippen LogP contribution in [0.15, 0.2) is 48.5 Å². The molecule has 1 atom stereocenters. The number of aliphatic carboxylic acids is 1. The molecule has 0 radical (unpaired) electrons. The van der Waals surface area contributed by atoms with Crippen molar-refractivity contribution in [2.75, 3.05) is 0 Å². The molecule has 0 unspecified atom stereocenters. The second kappa shape index (κ2) is 7.09. The summed E-state index contributed by atoms with van der Waals surface area (Å²) in [6.45, 7) is 1.46. The zero-order chi connectivity index (χ0) is 16.1. The highest BCUT2D eigenvalue weighted by Gasteiger charge is 2.12. The van der Waals surface area contributed by atoms with Crippen LogP contribution in [0.1, 0.15) is 22.8 Å². The topological polar surface area (TPSA) is 63.6 Å². The summed E-state index contributed by atoms with van der Waals surface area (Å²) < 4.78 is 5.23. The van der Waals surface area contributed by atoms with Crippen LogP contribution in [0.25, 0.3) is 0 Å². The number of benzene rings is 2. The summed E-state index contributed by atoms with van der Waals surface area (Å²) in [6, 6.07) is 13.6. The Bertz CT molecular complexity index is 662. The van der Waals surface area contributed by atoms with E-state index in [4.69, 9.17) is 21.4 Å². The first kappa shape index (κ1) is 16.0. The van der Waals surface area contributed by atoms with Gasteiger partial charge < -0.3 is 9.84 Å². The van der Waals surface area contributed by atoms with Crippen molar-refractivity contribution in [1.82, 2.24) is 0 Å². The van der Waals surface area contributed by atoms with Crippen molar-refractivity contribution in [3.8, 4) is 5.75 Å². The summed E-state index contributed by atoms with van der Waals surface area (Å²) in [6.07, 6.45) is -0.655. The quantitative estimate of drug-likeness (QED) is 0.826. The van der Waals surface area contributed by atoms with Crippen LogP contribution in [0, 0.1) is 0 Å². The van der Waals surface area contributed by atoms with E-state index in [0.717, 1.165) is 5.56 Å². The van der Waals surface area contributed by atoms with E-state index in [1.807, 2.05) is 0 Å². The summed E-state index contributed by atoms with van der Waals surface area (Å²) in [7, 11) is 0. The molecule has 22 heavy (non-hydrogen) atoms. The first-order chi connectivity index (χ1) is 10.5. The molecule has 1 N–H and O–H groups in total. The van der Waals surface area contributed by atoms with Gasteiger partial charge in [0, 0.05) is 17.0 Å². The van der Waals surface area contributed by atoms with E-state index in [0.29, 0.717) is 16.3 Å². The molecule has 0 heterocycles. The van der Waals surface area contributed by atoms with Gasteiger partial charge in [0.2, 0.25) is 0 Å². The monoisotopic (exact) mass is 318 g/mol. The van der Waals surface area contributed by atoms with E-state index in [-0.39, 0.29) is 12.2 Å². The van der Waals surface area contributed by atoms with Gasteiger partial charge in [0.15, 0.2) is 11.9 Å². The lowest BCUT2D eigenvalue weighted by molar-refractivity contribution is -0.144. The average Bonchev–Trinajstić information content (AvgIpc) is 2.49. The highest BCUT2D eigenvalue weighted by atomic mass is 35.5. The molecular formula is C17H15ClO4. The number of carbonyl (C=O) groups excluding carboxylic acids is 1. The number of Topliss-reactive ketones (excluding diaryl/α,β-unsaturated/α-hetero) is 1. The standard InChI is InChI=1S/C17H15ClO4/c1-11(17(20)21)22-15-8-2-12(3-9-15)10-16(19)13-4-6-14(18)7-5-13/h2-9,11H,10H2,1H3,(H,20,21)/t11-/m1/s1. The molecule has 0 bridgehead atoms. The van der Waals surface area contributed by atoms with Crippen LogP contribution in [0.5, 0.6) is 5.75 Å². The van der Waals surface area contributed by atoms with Crippen LogP contribution in [0.2, 0.25) is 5.02 Å². The summed E-state index contributed by atoms with van der Waals surface area (Å²) >= 11 is 5.79. The number of carboxylic acid groups (broad SMARTS) is 1. The fraction of sp³-hybridized carbons (Fsp3) is 0.176. The number of ketones is 1. The van der Waals surface area contributed by atoms with Crippen molar-refractivity contribution in [3.63, 3.8) is 0 Å². The van der Waals surface area contributed by atoms with Gasteiger partial charge in [0.25, 0.3) is 0 Å². The van der Waals surface area contributed by atoms with E-state index in [1.165, 1.54) is 6.92 Å². The van der Waals surface area contributed by atoms with Gasteiger partial charge in [-0.2, -0.15) is 0 Å². The van der Waals surface area contributed by atoms with Crippen molar-refractivity contribution in [2.45, 2.75) is 19.4 Å². The largest absolute Gasteiger partial charge is 0.479 e. The summed E-state index contributed by atoms with van der Waals surface area (Å²) in [5.74, 6) is -0.580. The maximum atomic E-state index is 12.1. The second-order valence-electron chi connectivity index (χ2n) is 4.85. The zero-order valence-corrected chi connectivity index (χ0v) is 12.7. The normalized spacial score (nSPS) is 11.7. The second-order valence-corrected chi connectivity index (χ2v) is 5.29. The molecule has 0 spiro atoms. The van der Waals surface area contributed by atoms with Gasteiger partial charge in [-0.25, -0.2) is 4.79 Å². The predicted molar refractivity (Wildman–Crippen MR) is 83.7 cm³/mol. The molecule has 0 amide bonds. The fourth-order valence-electron chi connectivity index (χ4n) is 1.86. The molecule has 4 nitrogen and oxygen atoms in total. The maximum Gasteiger partial charge on any atom is 0.344 e. The van der Waals surface area contributed by atoms with Crippen molar-refractivity contribution in [2.24, 2.45) is 0 Å². The number of rotatable bonds is 6. The lowest BCUT2D eigenvalue weighted by Crippen LogP contribution is -2.22. The van der Waals surface area contributed by atoms with Gasteiger partial charge in [-0.3, -0.25) is 4.79 Å². The number of ether oxygens (including phenoxy) is 1. The van der Waals surface area contributed by atoms with Crippen LogP contribution in [-0.4, -0.2) is 23.0 Å². The Balaban J connectivity index is 2.00. The van der Waals surface area contributed by atoms with E-state index < -0.39 is 12.1 Å². The number of hydrogen-bond acceptors (Lipinski definition) is 3. The van der Waals surface area contributed by atoms with Crippen LogP contribution in [0.4, 0.5) is 0 Å².